The molecule has 2 heterocycles. The van der Waals surface area contributed by atoms with Crippen LogP contribution >= 0.6 is 0 Å². The SMILES string of the molecule is C(=Cc1nc2ccccc2[nH]1)c1ccoc1. The van der Waals surface area contributed by atoms with E-state index in [-0.39, 0.29) is 0 Å². The molecule has 16 heavy (non-hydrogen) atoms. The van der Waals surface area contributed by atoms with E-state index in [1.807, 2.05) is 42.5 Å². The number of aromatic amines is 1. The first-order valence-corrected chi connectivity index (χ1v) is 5.07. The molecule has 2 aromatic heterocycles. The smallest absolute Gasteiger partial charge is 0.131 e. The van der Waals surface area contributed by atoms with Gasteiger partial charge in [0, 0.05) is 5.56 Å². The third-order valence-corrected chi connectivity index (χ3v) is 2.38. The number of hydrogen-bond acceptors (Lipinski definition) is 2. The highest BCUT2D eigenvalue weighted by Crippen LogP contribution is 2.12. The van der Waals surface area contributed by atoms with Crippen LogP contribution in [0.2, 0.25) is 0 Å². The highest BCUT2D eigenvalue weighted by Gasteiger charge is 1.97. The Balaban J connectivity index is 1.95. The Kier molecular flexibility index (Phi) is 2.07. The van der Waals surface area contributed by atoms with Gasteiger partial charge in [0.25, 0.3) is 0 Å². The molecule has 0 spiro atoms. The number of imidazole rings is 1. The first kappa shape index (κ1) is 8.97. The van der Waals surface area contributed by atoms with Gasteiger partial charge in [-0.2, -0.15) is 0 Å². The molecule has 3 heteroatoms. The molecule has 0 atom stereocenters. The lowest BCUT2D eigenvalue weighted by Crippen LogP contribution is -1.72. The van der Waals surface area contributed by atoms with Crippen molar-refractivity contribution in [2.24, 2.45) is 0 Å². The van der Waals surface area contributed by atoms with Gasteiger partial charge in [0.1, 0.15) is 5.82 Å². The minimum Gasteiger partial charge on any atom is -0.472 e. The van der Waals surface area contributed by atoms with Gasteiger partial charge in [0.15, 0.2) is 0 Å². The lowest BCUT2D eigenvalue weighted by molar-refractivity contribution is 0.567. The first-order chi connectivity index (χ1) is 7.92. The number of H-pyrrole nitrogens is 1. The maximum absolute atomic E-state index is 4.98. The summed E-state index contributed by atoms with van der Waals surface area (Å²) in [6.07, 6.45) is 7.24. The van der Waals surface area contributed by atoms with Crippen molar-refractivity contribution in [1.82, 2.24) is 9.97 Å². The molecule has 0 aliphatic heterocycles. The van der Waals surface area contributed by atoms with Crippen LogP contribution in [-0.2, 0) is 0 Å². The topological polar surface area (TPSA) is 41.8 Å². The van der Waals surface area contributed by atoms with Crippen LogP contribution in [0.25, 0.3) is 23.2 Å². The molecule has 1 N–H and O–H groups in total. The molecule has 1 aromatic carbocycles. The van der Waals surface area contributed by atoms with E-state index in [0.29, 0.717) is 0 Å². The predicted molar refractivity (Wildman–Crippen MR) is 63.7 cm³/mol. The molecular weight excluding hydrogens is 200 g/mol. The summed E-state index contributed by atoms with van der Waals surface area (Å²) in [5, 5.41) is 0. The van der Waals surface area contributed by atoms with Crippen molar-refractivity contribution in [2.45, 2.75) is 0 Å². The van der Waals surface area contributed by atoms with E-state index in [2.05, 4.69) is 9.97 Å². The molecular formula is C13H10N2O. The number of rotatable bonds is 2. The van der Waals surface area contributed by atoms with Crippen LogP contribution < -0.4 is 0 Å². The molecule has 0 amide bonds. The van der Waals surface area contributed by atoms with E-state index < -0.39 is 0 Å². The molecule has 0 radical (unpaired) electrons. The standard InChI is InChI=1S/C13H10N2O/c1-2-4-12-11(3-1)14-13(15-12)6-5-10-7-8-16-9-10/h1-9H,(H,14,15). The number of furan rings is 1. The predicted octanol–water partition coefficient (Wildman–Crippen LogP) is 3.33. The van der Waals surface area contributed by atoms with Crippen molar-refractivity contribution in [3.05, 3.63) is 54.2 Å². The van der Waals surface area contributed by atoms with Crippen molar-refractivity contribution >= 4 is 23.2 Å². The number of nitrogens with zero attached hydrogens (tertiary/aromatic N) is 1. The summed E-state index contributed by atoms with van der Waals surface area (Å²) < 4.78 is 4.98. The third kappa shape index (κ3) is 1.63. The molecule has 3 aromatic rings. The van der Waals surface area contributed by atoms with Crippen molar-refractivity contribution in [2.75, 3.05) is 0 Å². The average molecular weight is 210 g/mol. The summed E-state index contributed by atoms with van der Waals surface area (Å²) >= 11 is 0. The van der Waals surface area contributed by atoms with Crippen molar-refractivity contribution in [3.8, 4) is 0 Å². The lowest BCUT2D eigenvalue weighted by atomic mass is 10.3. The number of hydrogen-bond donors (Lipinski definition) is 1. The maximum Gasteiger partial charge on any atom is 0.131 e. The van der Waals surface area contributed by atoms with Gasteiger partial charge in [-0.1, -0.05) is 12.1 Å². The second kappa shape index (κ2) is 3.70. The van der Waals surface area contributed by atoms with Crippen LogP contribution in [0.5, 0.6) is 0 Å². The molecule has 0 fully saturated rings. The fourth-order valence-electron chi connectivity index (χ4n) is 1.60. The molecule has 0 saturated heterocycles. The van der Waals surface area contributed by atoms with Crippen molar-refractivity contribution in [1.29, 1.82) is 0 Å². The Labute approximate surface area is 92.4 Å². The first-order valence-electron chi connectivity index (χ1n) is 5.07. The van der Waals surface area contributed by atoms with Gasteiger partial charge < -0.3 is 9.40 Å². The average Bonchev–Trinajstić information content (AvgIpc) is 2.95. The van der Waals surface area contributed by atoms with Crippen LogP contribution in [0.4, 0.5) is 0 Å². The highest BCUT2D eigenvalue weighted by atomic mass is 16.3. The lowest BCUT2D eigenvalue weighted by Gasteiger charge is -1.82. The Morgan fingerprint density at radius 3 is 2.88 bits per heavy atom. The molecule has 0 aliphatic rings. The minimum absolute atomic E-state index is 0.849. The van der Waals surface area contributed by atoms with Crippen LogP contribution in [0.1, 0.15) is 11.4 Å². The fourth-order valence-corrected chi connectivity index (χ4v) is 1.60. The summed E-state index contributed by atoms with van der Waals surface area (Å²) in [5.74, 6) is 0.849. The molecule has 0 aliphatic carbocycles. The van der Waals surface area contributed by atoms with Crippen LogP contribution in [-0.4, -0.2) is 9.97 Å². The highest BCUT2D eigenvalue weighted by molar-refractivity contribution is 5.78. The van der Waals surface area contributed by atoms with Gasteiger partial charge in [-0.15, -0.1) is 0 Å². The number of fused-ring (bicyclic) bond motifs is 1. The van der Waals surface area contributed by atoms with Crippen molar-refractivity contribution in [3.63, 3.8) is 0 Å². The van der Waals surface area contributed by atoms with Gasteiger partial charge in [-0.25, -0.2) is 4.98 Å². The van der Waals surface area contributed by atoms with Gasteiger partial charge >= 0.3 is 0 Å². The zero-order valence-corrected chi connectivity index (χ0v) is 8.55. The van der Waals surface area contributed by atoms with Gasteiger partial charge in [0.2, 0.25) is 0 Å². The van der Waals surface area contributed by atoms with Crippen LogP contribution in [0.15, 0.2) is 47.3 Å². The summed E-state index contributed by atoms with van der Waals surface area (Å²) in [6, 6.07) is 9.87. The van der Waals surface area contributed by atoms with Crippen LogP contribution in [0, 0.1) is 0 Å². The van der Waals surface area contributed by atoms with E-state index >= 15 is 0 Å². The van der Waals surface area contributed by atoms with Gasteiger partial charge in [0.05, 0.1) is 23.6 Å². The maximum atomic E-state index is 4.98. The minimum atomic E-state index is 0.849. The molecule has 78 valence electrons. The zero-order chi connectivity index (χ0) is 10.8. The van der Waals surface area contributed by atoms with E-state index in [0.717, 1.165) is 22.4 Å². The summed E-state index contributed by atoms with van der Waals surface area (Å²) in [5.41, 5.74) is 3.06. The monoisotopic (exact) mass is 210 g/mol. The van der Waals surface area contributed by atoms with Gasteiger partial charge in [-0.3, -0.25) is 0 Å². The number of aromatic nitrogens is 2. The van der Waals surface area contributed by atoms with E-state index in [4.69, 9.17) is 4.42 Å². The van der Waals surface area contributed by atoms with E-state index in [1.54, 1.807) is 12.5 Å². The largest absolute Gasteiger partial charge is 0.472 e. The van der Waals surface area contributed by atoms with E-state index in [1.165, 1.54) is 0 Å². The van der Waals surface area contributed by atoms with Crippen molar-refractivity contribution < 1.29 is 4.42 Å². The Bertz CT molecular complexity index is 587. The van der Waals surface area contributed by atoms with Gasteiger partial charge in [-0.05, 0) is 30.4 Å². The summed E-state index contributed by atoms with van der Waals surface area (Å²) in [4.78, 5) is 7.67. The molecule has 3 nitrogen and oxygen atoms in total. The number of nitrogens with one attached hydrogen (secondary N) is 1. The second-order valence-corrected chi connectivity index (χ2v) is 3.53. The normalized spacial score (nSPS) is 11.5. The Morgan fingerprint density at radius 1 is 1.12 bits per heavy atom. The summed E-state index contributed by atoms with van der Waals surface area (Å²) in [6.45, 7) is 0. The molecule has 0 bridgehead atoms. The molecule has 0 unspecified atom stereocenters. The number of para-hydroxylation sites is 2. The summed E-state index contributed by atoms with van der Waals surface area (Å²) in [7, 11) is 0. The number of benzene rings is 1. The third-order valence-electron chi connectivity index (χ3n) is 2.38. The molecule has 0 saturated carbocycles. The quantitative estimate of drug-likeness (QED) is 0.704. The Morgan fingerprint density at radius 2 is 2.06 bits per heavy atom. The second-order valence-electron chi connectivity index (χ2n) is 3.53. The Hall–Kier alpha value is -2.29. The van der Waals surface area contributed by atoms with Crippen LogP contribution in [0.3, 0.4) is 0 Å². The molecule has 3 rings (SSSR count). The zero-order valence-electron chi connectivity index (χ0n) is 8.55. The van der Waals surface area contributed by atoms with E-state index in [9.17, 15) is 0 Å². The fraction of sp³-hybridized carbons (Fsp3) is 0.